The fourth-order valence-corrected chi connectivity index (χ4v) is 8.08. The zero-order chi connectivity index (χ0) is 34.3. The van der Waals surface area contributed by atoms with Crippen molar-refractivity contribution in [1.82, 2.24) is 4.90 Å². The second-order valence-corrected chi connectivity index (χ2v) is 13.0. The maximum atomic E-state index is 14.2. The lowest BCUT2D eigenvalue weighted by atomic mass is 9.57. The van der Waals surface area contributed by atoms with Gasteiger partial charge in [0.1, 0.15) is 5.54 Å². The maximum absolute atomic E-state index is 14.2. The Hall–Kier alpha value is -5.72. The molecule has 0 bridgehead atoms. The van der Waals surface area contributed by atoms with E-state index in [0.717, 1.165) is 38.9 Å². The number of carboxylic acids is 1. The molecule has 1 aliphatic heterocycles. The summed E-state index contributed by atoms with van der Waals surface area (Å²) in [7, 11) is 8.09. The van der Waals surface area contributed by atoms with Crippen LogP contribution in [0.4, 0.5) is 5.69 Å². The van der Waals surface area contributed by atoms with Gasteiger partial charge < -0.3 is 14.7 Å². The predicted octanol–water partition coefficient (Wildman–Crippen LogP) is 8.31. The fraction of sp³-hybridized carbons (Fsp3) is 0.163. The van der Waals surface area contributed by atoms with Gasteiger partial charge in [-0.3, -0.25) is 4.90 Å². The summed E-state index contributed by atoms with van der Waals surface area (Å²) in [6.45, 7) is 0. The van der Waals surface area contributed by atoms with Crippen LogP contribution in [-0.2, 0) is 15.9 Å². The summed E-state index contributed by atoms with van der Waals surface area (Å²) >= 11 is 0. The molecule has 0 fully saturated rings. The molecule has 6 aromatic rings. The highest BCUT2D eigenvalue weighted by Crippen LogP contribution is 2.62. The van der Waals surface area contributed by atoms with Crippen LogP contribution in [0.3, 0.4) is 0 Å². The first-order valence-electron chi connectivity index (χ1n) is 16.4. The van der Waals surface area contributed by atoms with Crippen LogP contribution in [0.1, 0.15) is 54.5 Å². The van der Waals surface area contributed by atoms with Crippen LogP contribution in [0.5, 0.6) is 0 Å². The van der Waals surface area contributed by atoms with Gasteiger partial charge in [-0.1, -0.05) is 121 Å². The van der Waals surface area contributed by atoms with E-state index in [4.69, 9.17) is 4.74 Å². The number of rotatable bonds is 9. The third kappa shape index (κ3) is 4.82. The van der Waals surface area contributed by atoms with E-state index in [1.165, 1.54) is 0 Å². The van der Waals surface area contributed by atoms with Crippen molar-refractivity contribution < 1.29 is 19.4 Å². The van der Waals surface area contributed by atoms with Crippen molar-refractivity contribution >= 4 is 28.4 Å². The van der Waals surface area contributed by atoms with Gasteiger partial charge in [-0.15, -0.1) is 0 Å². The van der Waals surface area contributed by atoms with Crippen LogP contribution in [0.25, 0.3) is 10.8 Å². The average molecular weight is 647 g/mol. The number of hydrogen-bond acceptors (Lipinski definition) is 5. The highest BCUT2D eigenvalue weighted by molar-refractivity contribution is 6.05. The minimum absolute atomic E-state index is 0.230. The summed E-state index contributed by atoms with van der Waals surface area (Å²) in [4.78, 5) is 31.0. The van der Waals surface area contributed by atoms with E-state index in [-0.39, 0.29) is 5.56 Å². The van der Waals surface area contributed by atoms with Crippen molar-refractivity contribution in [2.75, 3.05) is 33.1 Å². The molecule has 1 aliphatic rings. The molecule has 0 amide bonds. The van der Waals surface area contributed by atoms with Gasteiger partial charge in [0.05, 0.1) is 11.1 Å². The van der Waals surface area contributed by atoms with Crippen molar-refractivity contribution in [3.63, 3.8) is 0 Å². The lowest BCUT2D eigenvalue weighted by Gasteiger charge is -2.56. The first kappa shape index (κ1) is 31.9. The van der Waals surface area contributed by atoms with Gasteiger partial charge in [-0.05, 0) is 65.8 Å². The average Bonchev–Trinajstić information content (AvgIpc) is 3.43. The molecule has 49 heavy (non-hydrogen) atoms. The Morgan fingerprint density at radius 3 is 1.92 bits per heavy atom. The molecule has 0 radical (unpaired) electrons. The summed E-state index contributed by atoms with van der Waals surface area (Å²) in [5.74, 6) is -1.88. The summed E-state index contributed by atoms with van der Waals surface area (Å²) in [5.41, 5.74) is 3.67. The Balaban J connectivity index is 1.71. The number of cyclic esters (lactones) is 1. The minimum Gasteiger partial charge on any atom is -0.478 e. The number of anilines is 1. The number of carbonyl (C=O) groups is 2. The van der Waals surface area contributed by atoms with Crippen LogP contribution >= 0.6 is 0 Å². The van der Waals surface area contributed by atoms with Crippen LogP contribution in [0, 0.1) is 0 Å². The predicted molar refractivity (Wildman–Crippen MR) is 194 cm³/mol. The summed E-state index contributed by atoms with van der Waals surface area (Å²) in [6, 6.07) is 47.8. The summed E-state index contributed by atoms with van der Waals surface area (Å²) in [6.07, 6.45) is 0. The second kappa shape index (κ2) is 12.4. The molecule has 3 atom stereocenters. The molecule has 0 saturated carbocycles. The lowest BCUT2D eigenvalue weighted by molar-refractivity contribution is -0.0934. The molecule has 0 aliphatic carbocycles. The van der Waals surface area contributed by atoms with Crippen molar-refractivity contribution in [2.45, 2.75) is 17.1 Å². The standard InChI is InChI=1S/C43H38N2O4/c1-44(2)32-25-23-31(24-26-32)43(38-22-14-13-21-37(38)41(48)49-43)42(45(3)4,30-17-9-6-10-18-30)39(29-15-7-5-8-16-29)35-27-28-36(40(46)47)34-20-12-11-19-33(34)35/h5-28,39H,1-4H3,(H,46,47). The molecular weight excluding hydrogens is 608 g/mol. The van der Waals surface area contributed by atoms with Crippen LogP contribution < -0.4 is 4.90 Å². The van der Waals surface area contributed by atoms with Crippen molar-refractivity contribution in [2.24, 2.45) is 0 Å². The molecule has 244 valence electrons. The molecule has 1 heterocycles. The van der Waals surface area contributed by atoms with E-state index in [1.54, 1.807) is 6.07 Å². The Bertz CT molecular complexity index is 2160. The number of carbonyl (C=O) groups excluding carboxylic acids is 1. The molecule has 6 nitrogen and oxygen atoms in total. The fourth-order valence-electron chi connectivity index (χ4n) is 8.08. The number of likely N-dealkylation sites (N-methyl/N-ethyl adjacent to an activating group) is 1. The van der Waals surface area contributed by atoms with E-state index < -0.39 is 29.0 Å². The molecule has 7 rings (SSSR count). The van der Waals surface area contributed by atoms with E-state index in [0.29, 0.717) is 10.9 Å². The first-order valence-corrected chi connectivity index (χ1v) is 16.4. The number of esters is 1. The van der Waals surface area contributed by atoms with E-state index >= 15 is 0 Å². The Morgan fingerprint density at radius 1 is 0.694 bits per heavy atom. The van der Waals surface area contributed by atoms with Crippen molar-refractivity contribution in [3.05, 3.63) is 185 Å². The Morgan fingerprint density at radius 2 is 1.29 bits per heavy atom. The number of carboxylic acid groups (broad SMARTS) is 1. The van der Waals surface area contributed by atoms with Gasteiger partial charge in [0, 0.05) is 36.8 Å². The largest absolute Gasteiger partial charge is 0.478 e. The normalized spacial score (nSPS) is 17.3. The molecule has 0 aromatic heterocycles. The van der Waals surface area contributed by atoms with Crippen molar-refractivity contribution in [3.8, 4) is 0 Å². The third-order valence-corrected chi connectivity index (χ3v) is 10.1. The smallest absolute Gasteiger partial charge is 0.339 e. The van der Waals surface area contributed by atoms with E-state index in [9.17, 15) is 14.7 Å². The third-order valence-electron chi connectivity index (χ3n) is 10.1. The Kier molecular flexibility index (Phi) is 8.05. The molecule has 6 aromatic carbocycles. The number of aromatic carboxylic acids is 1. The number of ether oxygens (including phenoxy) is 1. The highest BCUT2D eigenvalue weighted by Gasteiger charge is 2.66. The number of nitrogens with zero attached hydrogens (tertiary/aromatic N) is 2. The summed E-state index contributed by atoms with van der Waals surface area (Å²) < 4.78 is 7.00. The summed E-state index contributed by atoms with van der Waals surface area (Å²) in [5, 5.41) is 11.7. The van der Waals surface area contributed by atoms with E-state index in [1.807, 2.05) is 124 Å². The van der Waals surface area contributed by atoms with Crippen LogP contribution in [0.15, 0.2) is 146 Å². The Labute approximate surface area is 286 Å². The van der Waals surface area contributed by atoms with Gasteiger partial charge in [-0.2, -0.15) is 0 Å². The number of fused-ring (bicyclic) bond motifs is 2. The molecule has 0 saturated heterocycles. The quantitative estimate of drug-likeness (QED) is 0.159. The zero-order valence-electron chi connectivity index (χ0n) is 28.0. The van der Waals surface area contributed by atoms with Crippen molar-refractivity contribution in [1.29, 1.82) is 0 Å². The van der Waals surface area contributed by atoms with Crippen LogP contribution in [0.2, 0.25) is 0 Å². The number of benzene rings is 6. The topological polar surface area (TPSA) is 70.1 Å². The highest BCUT2D eigenvalue weighted by atomic mass is 16.6. The molecule has 6 heteroatoms. The zero-order valence-corrected chi connectivity index (χ0v) is 28.0. The molecule has 1 N–H and O–H groups in total. The van der Waals surface area contributed by atoms with E-state index in [2.05, 4.69) is 53.4 Å². The van der Waals surface area contributed by atoms with Gasteiger partial charge in [0.25, 0.3) is 0 Å². The van der Waals surface area contributed by atoms with Gasteiger partial charge >= 0.3 is 11.9 Å². The van der Waals surface area contributed by atoms with Crippen LogP contribution in [-0.4, -0.2) is 50.1 Å². The molecule has 0 spiro atoms. The first-order chi connectivity index (χ1) is 23.7. The minimum atomic E-state index is -1.37. The van der Waals surface area contributed by atoms with Gasteiger partial charge in [0.2, 0.25) is 0 Å². The second-order valence-electron chi connectivity index (χ2n) is 13.0. The molecule has 3 unspecified atom stereocenters. The molecular formula is C43H38N2O4. The van der Waals surface area contributed by atoms with Gasteiger partial charge in [0.15, 0.2) is 5.60 Å². The monoisotopic (exact) mass is 646 g/mol. The maximum Gasteiger partial charge on any atom is 0.339 e. The van der Waals surface area contributed by atoms with Gasteiger partial charge in [-0.25, -0.2) is 9.59 Å². The lowest BCUT2D eigenvalue weighted by Crippen LogP contribution is -2.62. The SMILES string of the molecule is CN(C)c1ccc(C2(C(c3ccccc3)(C(c3ccccc3)c3ccc(C(=O)O)c4ccccc34)N(C)C)OC(=O)c3ccccc32)cc1. The number of hydrogen-bond donors (Lipinski definition) is 1.